The summed E-state index contributed by atoms with van der Waals surface area (Å²) in [6, 6.07) is 0. The molecule has 8 heavy (non-hydrogen) atoms. The molecule has 0 nitrogen and oxygen atoms in total. The van der Waals surface area contributed by atoms with Gasteiger partial charge >= 0.3 is 19.5 Å². The average Bonchev–Trinajstić information content (AvgIpc) is 0.722. The van der Waals surface area contributed by atoms with Crippen LogP contribution in [0.1, 0.15) is 20.8 Å². The van der Waals surface area contributed by atoms with E-state index in [9.17, 15) is 0 Å². The predicted molar refractivity (Wildman–Crippen MR) is 41.6 cm³/mol. The van der Waals surface area contributed by atoms with Crippen LogP contribution >= 0.6 is 12.6 Å². The van der Waals surface area contributed by atoms with Gasteiger partial charge in [-0.2, -0.15) is 12.6 Å². The zero-order chi connectivity index (χ0) is 4.50. The molecule has 0 aromatic heterocycles. The van der Waals surface area contributed by atoms with Crippen LogP contribution < -0.4 is 0 Å². The molecule has 0 aromatic rings. The molecule has 0 aliphatic carbocycles. The van der Waals surface area contributed by atoms with Crippen molar-refractivity contribution < 1.29 is 19.5 Å². The zero-order valence-corrected chi connectivity index (χ0v) is 10.5. The Bertz CT molecular complexity index is 24.0. The second-order valence-electron chi connectivity index (χ2n) is 2.17. The molecule has 0 fully saturated rings. The van der Waals surface area contributed by atoms with Gasteiger partial charge in [-0.3, -0.25) is 0 Å². The summed E-state index contributed by atoms with van der Waals surface area (Å²) in [4.78, 5) is 0. The molecule has 0 radical (unpaired) electrons. The maximum Gasteiger partial charge on any atom is 2.00 e. The molecule has 0 aliphatic heterocycles. The Morgan fingerprint density at radius 3 is 1.00 bits per heavy atom. The third-order valence-electron chi connectivity index (χ3n) is 0. The predicted octanol–water partition coefficient (Wildman–Crippen LogP) is 2.61. The summed E-state index contributed by atoms with van der Waals surface area (Å²) in [7, 11) is 0. The summed E-state index contributed by atoms with van der Waals surface area (Å²) in [5.74, 6) is 0. The molecule has 0 saturated heterocycles. The van der Waals surface area contributed by atoms with Gasteiger partial charge < -0.3 is 14.9 Å². The van der Waals surface area contributed by atoms with Crippen molar-refractivity contribution in [3.05, 3.63) is 14.9 Å². The van der Waals surface area contributed by atoms with E-state index in [1.165, 1.54) is 0 Å². The van der Waals surface area contributed by atoms with Crippen molar-refractivity contribution >= 4 is 12.6 Å². The van der Waals surface area contributed by atoms with Gasteiger partial charge in [0.15, 0.2) is 0 Å². The van der Waals surface area contributed by atoms with Crippen molar-refractivity contribution in [2.24, 2.45) is 0 Å². The molecule has 0 spiro atoms. The quantitative estimate of drug-likeness (QED) is 0.335. The van der Waals surface area contributed by atoms with E-state index in [2.05, 4.69) is 33.4 Å². The minimum atomic E-state index is 0. The molecule has 0 heterocycles. The summed E-state index contributed by atoms with van der Waals surface area (Å²) < 4.78 is 0.194. The molecule has 0 atom stereocenters. The Morgan fingerprint density at radius 1 is 1.00 bits per heavy atom. The number of hydrogen-bond donors (Lipinski definition) is 1. The fourth-order valence-corrected chi connectivity index (χ4v) is 0. The maximum absolute atomic E-state index is 4.12. The smallest absolute Gasteiger partial charge is 0.358 e. The van der Waals surface area contributed by atoms with Crippen LogP contribution in [0.15, 0.2) is 0 Å². The van der Waals surface area contributed by atoms with Gasteiger partial charge in [-0.25, -0.2) is 0 Å². The Labute approximate surface area is 72.6 Å². The van der Waals surface area contributed by atoms with E-state index in [0.717, 1.165) is 0 Å². The van der Waals surface area contributed by atoms with Crippen LogP contribution in [0.2, 0.25) is 0 Å². The van der Waals surface area contributed by atoms with Crippen molar-refractivity contribution in [3.63, 3.8) is 0 Å². The van der Waals surface area contributed by atoms with Crippen molar-refractivity contribution in [2.45, 2.75) is 25.5 Å². The van der Waals surface area contributed by atoms with Crippen molar-refractivity contribution in [2.75, 3.05) is 0 Å². The van der Waals surface area contributed by atoms with Gasteiger partial charge in [0.2, 0.25) is 0 Å². The second-order valence-corrected chi connectivity index (χ2v) is 3.51. The molecular weight excluding hydrogens is 170 g/mol. The third-order valence-corrected chi connectivity index (χ3v) is 0. The third kappa shape index (κ3) is 263. The van der Waals surface area contributed by atoms with Crippen LogP contribution in [0.4, 0.5) is 0 Å². The number of hydrogen-bond acceptors (Lipinski definition) is 1. The van der Waals surface area contributed by atoms with E-state index in [1.807, 2.05) is 0 Å². The van der Waals surface area contributed by atoms with Crippen LogP contribution in [0, 0.1) is 14.9 Å². The zero-order valence-electron chi connectivity index (χ0n) is 6.65. The monoisotopic (exact) mass is 184 g/mol. The summed E-state index contributed by atoms with van der Waals surface area (Å²) in [5.41, 5.74) is 0. The first-order valence-electron chi connectivity index (χ1n) is 1.72. The van der Waals surface area contributed by atoms with Gasteiger partial charge in [-0.05, 0) is 0 Å². The van der Waals surface area contributed by atoms with Crippen LogP contribution in [0.25, 0.3) is 0 Å². The molecule has 0 rings (SSSR count). The van der Waals surface area contributed by atoms with E-state index in [4.69, 9.17) is 0 Å². The van der Waals surface area contributed by atoms with E-state index < -0.39 is 0 Å². The summed E-state index contributed by atoms with van der Waals surface area (Å²) in [6.07, 6.45) is 0. The Balaban J connectivity index is -0.0000000267. The van der Waals surface area contributed by atoms with Gasteiger partial charge in [-0.15, -0.1) is 0 Å². The summed E-state index contributed by atoms with van der Waals surface area (Å²) in [6.45, 7) is 6.16. The fourth-order valence-electron chi connectivity index (χ4n) is 0. The van der Waals surface area contributed by atoms with Crippen LogP contribution in [-0.4, -0.2) is 4.75 Å². The van der Waals surface area contributed by atoms with Crippen LogP contribution in [0.5, 0.6) is 0 Å². The van der Waals surface area contributed by atoms with Gasteiger partial charge in [-0.1, -0.05) is 20.8 Å². The minimum Gasteiger partial charge on any atom is -0.358 e. The normalized spacial score (nSPS) is 7.50. The first-order valence-corrected chi connectivity index (χ1v) is 2.17. The van der Waals surface area contributed by atoms with Crippen LogP contribution in [0.3, 0.4) is 0 Å². The largest absolute Gasteiger partial charge is 2.00 e. The van der Waals surface area contributed by atoms with Gasteiger partial charge in [0.25, 0.3) is 0 Å². The summed E-state index contributed by atoms with van der Waals surface area (Å²) in [5, 5.41) is 0. The minimum absolute atomic E-state index is 0. The Hall–Kier alpha value is 0.973. The maximum atomic E-state index is 4.12. The molecule has 0 saturated carbocycles. The molecular formula is C6H16SZn. The second kappa shape index (κ2) is 7.97. The summed E-state index contributed by atoms with van der Waals surface area (Å²) >= 11 is 4.12. The average molecular weight is 186 g/mol. The molecule has 0 unspecified atom stereocenters. The fraction of sp³-hybridized carbons (Fsp3) is 0.667. The number of rotatable bonds is 0. The van der Waals surface area contributed by atoms with Crippen molar-refractivity contribution in [1.82, 2.24) is 0 Å². The van der Waals surface area contributed by atoms with E-state index in [1.54, 1.807) is 0 Å². The topological polar surface area (TPSA) is 0 Å². The molecule has 0 bridgehead atoms. The molecule has 0 aromatic carbocycles. The first-order chi connectivity index (χ1) is 2.00. The number of thiol groups is 1. The Morgan fingerprint density at radius 2 is 1.00 bits per heavy atom. The SMILES string of the molecule is CC(C)(C)S.[CH3-].[CH3-].[Zn+2]. The van der Waals surface area contributed by atoms with Gasteiger partial charge in [0.05, 0.1) is 0 Å². The molecule has 2 heteroatoms. The van der Waals surface area contributed by atoms with Gasteiger partial charge in [0, 0.05) is 4.75 Å². The van der Waals surface area contributed by atoms with Crippen molar-refractivity contribution in [1.29, 1.82) is 0 Å². The van der Waals surface area contributed by atoms with Crippen LogP contribution in [-0.2, 0) is 19.5 Å². The molecule has 0 amide bonds. The molecule has 0 N–H and O–H groups in total. The molecule has 48 valence electrons. The Kier molecular flexibility index (Phi) is 23.0. The molecule has 0 aliphatic rings. The standard InChI is InChI=1S/C4H10S.2CH3.Zn/c1-4(2,3)5;;;/h5H,1-3H3;2*1H3;/q;2*-1;+2. The van der Waals surface area contributed by atoms with Gasteiger partial charge in [0.1, 0.15) is 0 Å². The van der Waals surface area contributed by atoms with E-state index in [-0.39, 0.29) is 39.1 Å². The first kappa shape index (κ1) is 23.1. The van der Waals surface area contributed by atoms with Crippen molar-refractivity contribution in [3.8, 4) is 0 Å². The van der Waals surface area contributed by atoms with E-state index >= 15 is 0 Å². The van der Waals surface area contributed by atoms with E-state index in [0.29, 0.717) is 0 Å².